The van der Waals surface area contributed by atoms with Crippen LogP contribution in [-0.2, 0) is 11.3 Å². The lowest BCUT2D eigenvalue weighted by Crippen LogP contribution is -1.98. The predicted octanol–water partition coefficient (Wildman–Crippen LogP) is 2.50. The molecule has 0 amide bonds. The van der Waals surface area contributed by atoms with Gasteiger partial charge in [-0.15, -0.1) is 0 Å². The first kappa shape index (κ1) is 12.6. The van der Waals surface area contributed by atoms with Crippen molar-refractivity contribution >= 4 is 17.7 Å². The molecule has 16 heavy (non-hydrogen) atoms. The van der Waals surface area contributed by atoms with E-state index >= 15 is 0 Å². The SMILES string of the molecule is COc1cc(Cl)c(CN=C=O)c(C)c1OC. The number of carbonyl (C=O) groups excluding carboxylic acids is 1. The topological polar surface area (TPSA) is 47.9 Å². The molecule has 86 valence electrons. The largest absolute Gasteiger partial charge is 0.493 e. The maximum absolute atomic E-state index is 10.1. The molecule has 0 aromatic heterocycles. The summed E-state index contributed by atoms with van der Waals surface area (Å²) in [4.78, 5) is 13.6. The molecule has 0 atom stereocenters. The van der Waals surface area contributed by atoms with Crippen LogP contribution >= 0.6 is 11.6 Å². The van der Waals surface area contributed by atoms with Gasteiger partial charge in [-0.05, 0) is 12.5 Å². The maximum atomic E-state index is 10.1. The molecule has 1 aromatic rings. The van der Waals surface area contributed by atoms with Crippen LogP contribution in [0.2, 0.25) is 5.02 Å². The Morgan fingerprint density at radius 1 is 1.44 bits per heavy atom. The summed E-state index contributed by atoms with van der Waals surface area (Å²) in [6, 6.07) is 1.64. The fourth-order valence-electron chi connectivity index (χ4n) is 1.48. The van der Waals surface area contributed by atoms with Gasteiger partial charge in [0, 0.05) is 16.7 Å². The molecule has 5 heteroatoms. The van der Waals surface area contributed by atoms with Gasteiger partial charge < -0.3 is 9.47 Å². The molecule has 1 aromatic carbocycles. The van der Waals surface area contributed by atoms with Crippen molar-refractivity contribution in [2.24, 2.45) is 4.99 Å². The van der Waals surface area contributed by atoms with E-state index in [0.29, 0.717) is 16.5 Å². The van der Waals surface area contributed by atoms with Crippen LogP contribution in [0.3, 0.4) is 0 Å². The Balaban J connectivity index is 3.34. The number of aliphatic imine (C=N–C) groups is 1. The van der Waals surface area contributed by atoms with Crippen molar-refractivity contribution in [2.75, 3.05) is 14.2 Å². The molecule has 0 heterocycles. The quantitative estimate of drug-likeness (QED) is 0.601. The van der Waals surface area contributed by atoms with Crippen LogP contribution in [0, 0.1) is 6.92 Å². The smallest absolute Gasteiger partial charge is 0.235 e. The molecule has 0 saturated carbocycles. The number of ether oxygens (including phenoxy) is 2. The summed E-state index contributed by atoms with van der Waals surface area (Å²) in [5.41, 5.74) is 1.55. The first-order chi connectivity index (χ1) is 7.65. The summed E-state index contributed by atoms with van der Waals surface area (Å²) in [6.45, 7) is 2.03. The lowest BCUT2D eigenvalue weighted by atomic mass is 10.1. The van der Waals surface area contributed by atoms with E-state index in [1.165, 1.54) is 13.2 Å². The molecule has 4 nitrogen and oxygen atoms in total. The van der Waals surface area contributed by atoms with Gasteiger partial charge in [0.1, 0.15) is 0 Å². The summed E-state index contributed by atoms with van der Waals surface area (Å²) >= 11 is 6.05. The highest BCUT2D eigenvalue weighted by molar-refractivity contribution is 6.31. The molecule has 1 rings (SSSR count). The van der Waals surface area contributed by atoms with Crippen LogP contribution in [0.15, 0.2) is 11.1 Å². The highest BCUT2D eigenvalue weighted by Crippen LogP contribution is 2.37. The Morgan fingerprint density at radius 3 is 2.62 bits per heavy atom. The minimum atomic E-state index is 0.189. The fraction of sp³-hybridized carbons (Fsp3) is 0.364. The van der Waals surface area contributed by atoms with Crippen molar-refractivity contribution in [1.82, 2.24) is 0 Å². The van der Waals surface area contributed by atoms with E-state index < -0.39 is 0 Å². The third kappa shape index (κ3) is 2.35. The van der Waals surface area contributed by atoms with Crippen LogP contribution in [-0.4, -0.2) is 20.3 Å². The number of hydrogen-bond donors (Lipinski definition) is 0. The highest BCUT2D eigenvalue weighted by Gasteiger charge is 2.15. The maximum Gasteiger partial charge on any atom is 0.235 e. The Kier molecular flexibility index (Phi) is 4.35. The first-order valence-electron chi connectivity index (χ1n) is 4.59. The van der Waals surface area contributed by atoms with Gasteiger partial charge in [0.2, 0.25) is 6.08 Å². The predicted molar refractivity (Wildman–Crippen MR) is 61.1 cm³/mol. The van der Waals surface area contributed by atoms with Crippen LogP contribution in [0.1, 0.15) is 11.1 Å². The zero-order valence-corrected chi connectivity index (χ0v) is 10.1. The van der Waals surface area contributed by atoms with E-state index in [1.807, 2.05) is 6.92 Å². The Labute approximate surface area is 98.8 Å². The second-order valence-corrected chi connectivity index (χ2v) is 3.51. The average Bonchev–Trinajstić information content (AvgIpc) is 2.28. The molecule has 0 spiro atoms. The van der Waals surface area contributed by atoms with Gasteiger partial charge >= 0.3 is 0 Å². The zero-order valence-electron chi connectivity index (χ0n) is 9.33. The minimum Gasteiger partial charge on any atom is -0.493 e. The molecule has 0 aliphatic carbocycles. The summed E-state index contributed by atoms with van der Waals surface area (Å²) in [5, 5.41) is 0.495. The standard InChI is InChI=1S/C11H12ClNO3/c1-7-8(5-13-6-14)9(12)4-10(15-2)11(7)16-3/h4H,5H2,1-3H3. The van der Waals surface area contributed by atoms with Gasteiger partial charge in [0.25, 0.3) is 0 Å². The summed E-state index contributed by atoms with van der Waals surface area (Å²) in [5.74, 6) is 1.16. The van der Waals surface area contributed by atoms with E-state index in [1.54, 1.807) is 13.2 Å². The van der Waals surface area contributed by atoms with Crippen LogP contribution < -0.4 is 9.47 Å². The number of halogens is 1. The number of hydrogen-bond acceptors (Lipinski definition) is 4. The molecular formula is C11H12ClNO3. The molecule has 0 radical (unpaired) electrons. The molecule has 0 bridgehead atoms. The normalized spacial score (nSPS) is 9.50. The minimum absolute atomic E-state index is 0.189. The molecule has 0 fully saturated rings. The summed E-state index contributed by atoms with van der Waals surface area (Å²) in [7, 11) is 3.09. The number of methoxy groups -OCH3 is 2. The molecule has 0 saturated heterocycles. The van der Waals surface area contributed by atoms with Crippen molar-refractivity contribution in [3.05, 3.63) is 22.2 Å². The van der Waals surface area contributed by atoms with E-state index in [0.717, 1.165) is 11.1 Å². The lowest BCUT2D eigenvalue weighted by molar-refractivity contribution is 0.352. The number of benzene rings is 1. The fourth-order valence-corrected chi connectivity index (χ4v) is 1.78. The molecule has 0 aliphatic heterocycles. The highest BCUT2D eigenvalue weighted by atomic mass is 35.5. The third-order valence-corrected chi connectivity index (χ3v) is 2.63. The van der Waals surface area contributed by atoms with Gasteiger partial charge in [0.05, 0.1) is 20.8 Å². The molecule has 0 aliphatic rings. The Morgan fingerprint density at radius 2 is 2.12 bits per heavy atom. The lowest BCUT2D eigenvalue weighted by Gasteiger charge is -2.14. The van der Waals surface area contributed by atoms with Crippen LogP contribution in [0.25, 0.3) is 0 Å². The zero-order chi connectivity index (χ0) is 12.1. The second kappa shape index (κ2) is 5.54. The van der Waals surface area contributed by atoms with E-state index in [-0.39, 0.29) is 6.54 Å². The first-order valence-corrected chi connectivity index (χ1v) is 4.97. The summed E-state index contributed by atoms with van der Waals surface area (Å²) in [6.07, 6.45) is 1.48. The van der Waals surface area contributed by atoms with Crippen molar-refractivity contribution in [3.63, 3.8) is 0 Å². The second-order valence-electron chi connectivity index (χ2n) is 3.10. The number of rotatable bonds is 4. The van der Waals surface area contributed by atoms with Gasteiger partial charge in [-0.25, -0.2) is 9.79 Å². The van der Waals surface area contributed by atoms with Crippen LogP contribution in [0.4, 0.5) is 0 Å². The van der Waals surface area contributed by atoms with Gasteiger partial charge in [-0.1, -0.05) is 11.6 Å². The van der Waals surface area contributed by atoms with Crippen molar-refractivity contribution in [1.29, 1.82) is 0 Å². The van der Waals surface area contributed by atoms with Crippen molar-refractivity contribution < 1.29 is 14.3 Å². The van der Waals surface area contributed by atoms with Gasteiger partial charge in [-0.3, -0.25) is 0 Å². The third-order valence-electron chi connectivity index (χ3n) is 2.29. The monoisotopic (exact) mass is 241 g/mol. The number of isocyanates is 1. The molecule has 0 N–H and O–H groups in total. The van der Waals surface area contributed by atoms with Crippen molar-refractivity contribution in [3.8, 4) is 11.5 Å². The molecular weight excluding hydrogens is 230 g/mol. The Bertz CT molecular complexity index is 439. The van der Waals surface area contributed by atoms with Crippen molar-refractivity contribution in [2.45, 2.75) is 13.5 Å². The van der Waals surface area contributed by atoms with E-state index in [2.05, 4.69) is 4.99 Å². The van der Waals surface area contributed by atoms with E-state index in [9.17, 15) is 4.79 Å². The Hall–Kier alpha value is -1.51. The van der Waals surface area contributed by atoms with Crippen LogP contribution in [0.5, 0.6) is 11.5 Å². The van der Waals surface area contributed by atoms with E-state index in [4.69, 9.17) is 21.1 Å². The molecule has 0 unspecified atom stereocenters. The average molecular weight is 242 g/mol. The summed E-state index contributed by atoms with van der Waals surface area (Å²) < 4.78 is 10.4. The van der Waals surface area contributed by atoms with Gasteiger partial charge in [0.15, 0.2) is 11.5 Å². The number of nitrogens with zero attached hydrogens (tertiary/aromatic N) is 1. The van der Waals surface area contributed by atoms with Gasteiger partial charge in [-0.2, -0.15) is 0 Å².